The molecule has 0 saturated carbocycles. The van der Waals surface area contributed by atoms with E-state index in [0.29, 0.717) is 22.1 Å². The highest BCUT2D eigenvalue weighted by Gasteiger charge is 2.43. The summed E-state index contributed by atoms with van der Waals surface area (Å²) >= 11 is 5.90. The third kappa shape index (κ3) is 3.46. The Hall–Kier alpha value is -3.25. The van der Waals surface area contributed by atoms with Crippen molar-refractivity contribution >= 4 is 34.8 Å². The van der Waals surface area contributed by atoms with Gasteiger partial charge in [-0.05, 0) is 48.5 Å². The maximum Gasteiger partial charge on any atom is 0.294 e. The van der Waals surface area contributed by atoms with Crippen LogP contribution in [0.5, 0.6) is 0 Å². The molecular formula is C21H16ClFN3O2+. The van der Waals surface area contributed by atoms with Gasteiger partial charge in [0.2, 0.25) is 18.3 Å². The minimum atomic E-state index is -0.899. The van der Waals surface area contributed by atoms with E-state index in [2.05, 4.69) is 5.32 Å². The highest BCUT2D eigenvalue weighted by Crippen LogP contribution is 2.30. The van der Waals surface area contributed by atoms with Gasteiger partial charge in [-0.25, -0.2) is 4.39 Å². The van der Waals surface area contributed by atoms with Gasteiger partial charge in [0.15, 0.2) is 6.20 Å². The number of pyridine rings is 1. The van der Waals surface area contributed by atoms with Crippen molar-refractivity contribution in [3.05, 3.63) is 89.5 Å². The number of benzene rings is 2. The number of carbonyl (C=O) groups is 2. The van der Waals surface area contributed by atoms with Crippen LogP contribution in [0.4, 0.5) is 15.8 Å². The van der Waals surface area contributed by atoms with Crippen LogP contribution in [0, 0.1) is 5.82 Å². The van der Waals surface area contributed by atoms with Crippen molar-refractivity contribution in [2.24, 2.45) is 0 Å². The first kappa shape index (κ1) is 18.1. The molecule has 1 aromatic heterocycles. The average Bonchev–Trinajstić information content (AvgIpc) is 2.69. The molecule has 2 amide bonds. The molecule has 0 fully saturated rings. The standard InChI is InChI=1S/C21H15ClFN3O2/c22-14-4-8-16(9-5-14)24-21(28)20-18-3-1-2-12-25(18)13-19(27)26(20)17-10-6-15(23)7-11-17/h1-12,20H,13H2/p+1/t20-/m0/s1. The number of aromatic nitrogens is 1. The topological polar surface area (TPSA) is 53.3 Å². The molecule has 0 bridgehead atoms. The third-order valence-electron chi connectivity index (χ3n) is 4.55. The van der Waals surface area contributed by atoms with Gasteiger partial charge in [-0.15, -0.1) is 0 Å². The van der Waals surface area contributed by atoms with Crippen molar-refractivity contribution in [3.63, 3.8) is 0 Å². The van der Waals surface area contributed by atoms with E-state index in [1.807, 2.05) is 6.07 Å². The Morgan fingerprint density at radius 3 is 2.50 bits per heavy atom. The molecule has 3 aromatic rings. The summed E-state index contributed by atoms with van der Waals surface area (Å²) in [7, 11) is 0. The molecule has 140 valence electrons. The number of hydrogen-bond acceptors (Lipinski definition) is 2. The average molecular weight is 397 g/mol. The summed E-state index contributed by atoms with van der Waals surface area (Å²) in [5, 5.41) is 3.39. The van der Waals surface area contributed by atoms with E-state index >= 15 is 0 Å². The third-order valence-corrected chi connectivity index (χ3v) is 4.81. The van der Waals surface area contributed by atoms with Gasteiger partial charge in [-0.3, -0.25) is 14.5 Å². The number of hydrogen-bond donors (Lipinski definition) is 1. The van der Waals surface area contributed by atoms with Crippen LogP contribution in [0.2, 0.25) is 5.02 Å². The number of nitrogens with one attached hydrogen (secondary N) is 1. The lowest BCUT2D eigenvalue weighted by Gasteiger charge is -2.32. The molecule has 2 heterocycles. The van der Waals surface area contributed by atoms with Gasteiger partial charge in [0.1, 0.15) is 5.82 Å². The first-order valence-electron chi connectivity index (χ1n) is 8.65. The number of nitrogens with zero attached hydrogens (tertiary/aromatic N) is 2. The van der Waals surface area contributed by atoms with Crippen molar-refractivity contribution in [2.45, 2.75) is 12.6 Å². The van der Waals surface area contributed by atoms with E-state index < -0.39 is 11.9 Å². The van der Waals surface area contributed by atoms with Crippen molar-refractivity contribution in [3.8, 4) is 0 Å². The van der Waals surface area contributed by atoms with Gasteiger partial charge in [-0.2, -0.15) is 4.57 Å². The summed E-state index contributed by atoms with van der Waals surface area (Å²) in [6.45, 7) is 0.0955. The van der Waals surface area contributed by atoms with E-state index in [9.17, 15) is 14.0 Å². The molecule has 1 aliphatic rings. The summed E-state index contributed by atoms with van der Waals surface area (Å²) in [6, 6.07) is 16.8. The maximum atomic E-state index is 13.4. The van der Waals surface area contributed by atoms with Crippen LogP contribution in [-0.4, -0.2) is 11.8 Å². The molecular weight excluding hydrogens is 381 g/mol. The number of fused-ring (bicyclic) bond motifs is 1. The van der Waals surface area contributed by atoms with Gasteiger partial charge in [0, 0.05) is 28.5 Å². The first-order valence-corrected chi connectivity index (χ1v) is 9.03. The van der Waals surface area contributed by atoms with E-state index in [4.69, 9.17) is 11.6 Å². The maximum absolute atomic E-state index is 13.4. The Morgan fingerprint density at radius 1 is 1.07 bits per heavy atom. The Labute approximate surface area is 166 Å². The lowest BCUT2D eigenvalue weighted by molar-refractivity contribution is -0.695. The number of rotatable bonds is 3. The van der Waals surface area contributed by atoms with E-state index in [1.165, 1.54) is 29.2 Å². The molecule has 7 heteroatoms. The molecule has 2 aromatic carbocycles. The molecule has 0 spiro atoms. The number of halogens is 2. The molecule has 28 heavy (non-hydrogen) atoms. The highest BCUT2D eigenvalue weighted by atomic mass is 35.5. The fraction of sp³-hybridized carbons (Fsp3) is 0.0952. The van der Waals surface area contributed by atoms with Crippen LogP contribution < -0.4 is 14.8 Å². The minimum absolute atomic E-state index is 0.0955. The summed E-state index contributed by atoms with van der Waals surface area (Å²) in [5.41, 5.74) is 1.68. The zero-order valence-electron chi connectivity index (χ0n) is 14.7. The summed E-state index contributed by atoms with van der Waals surface area (Å²) in [6.07, 6.45) is 1.76. The van der Waals surface area contributed by atoms with Crippen molar-refractivity contribution in [1.82, 2.24) is 0 Å². The van der Waals surface area contributed by atoms with E-state index in [-0.39, 0.29) is 18.4 Å². The lowest BCUT2D eigenvalue weighted by Crippen LogP contribution is -2.58. The monoisotopic (exact) mass is 396 g/mol. The fourth-order valence-electron chi connectivity index (χ4n) is 3.27. The highest BCUT2D eigenvalue weighted by molar-refractivity contribution is 6.30. The molecule has 0 unspecified atom stereocenters. The van der Waals surface area contributed by atoms with Gasteiger partial charge in [0.25, 0.3) is 11.8 Å². The second kappa shape index (κ2) is 7.40. The zero-order valence-corrected chi connectivity index (χ0v) is 15.4. The largest absolute Gasteiger partial charge is 0.324 e. The van der Waals surface area contributed by atoms with Gasteiger partial charge < -0.3 is 5.32 Å². The Bertz CT molecular complexity index is 1040. The molecule has 1 atom stereocenters. The second-order valence-electron chi connectivity index (χ2n) is 6.39. The molecule has 4 rings (SSSR count). The summed E-state index contributed by atoms with van der Waals surface area (Å²) < 4.78 is 15.1. The predicted molar refractivity (Wildman–Crippen MR) is 103 cm³/mol. The molecule has 1 N–H and O–H groups in total. The fourth-order valence-corrected chi connectivity index (χ4v) is 3.40. The van der Waals surface area contributed by atoms with Crippen LogP contribution in [0.1, 0.15) is 11.7 Å². The van der Waals surface area contributed by atoms with Crippen LogP contribution in [0.25, 0.3) is 0 Å². The van der Waals surface area contributed by atoms with Crippen molar-refractivity contribution in [2.75, 3.05) is 10.2 Å². The smallest absolute Gasteiger partial charge is 0.294 e. The minimum Gasteiger partial charge on any atom is -0.324 e. The van der Waals surface area contributed by atoms with E-state index in [0.717, 1.165) is 0 Å². The van der Waals surface area contributed by atoms with Crippen LogP contribution in [-0.2, 0) is 16.1 Å². The predicted octanol–water partition coefficient (Wildman–Crippen LogP) is 3.49. The Morgan fingerprint density at radius 2 is 1.79 bits per heavy atom. The molecule has 1 aliphatic heterocycles. The number of amides is 2. The molecule has 5 nitrogen and oxygen atoms in total. The van der Waals surface area contributed by atoms with E-state index in [1.54, 1.807) is 47.2 Å². The zero-order chi connectivity index (χ0) is 19.7. The van der Waals surface area contributed by atoms with Crippen LogP contribution >= 0.6 is 11.6 Å². The lowest BCUT2D eigenvalue weighted by atomic mass is 10.0. The van der Waals surface area contributed by atoms with Gasteiger partial charge >= 0.3 is 0 Å². The van der Waals surface area contributed by atoms with Crippen LogP contribution in [0.3, 0.4) is 0 Å². The van der Waals surface area contributed by atoms with Crippen molar-refractivity contribution in [1.29, 1.82) is 0 Å². The first-order chi connectivity index (χ1) is 13.5. The van der Waals surface area contributed by atoms with Crippen LogP contribution in [0.15, 0.2) is 72.9 Å². The normalized spacial score (nSPS) is 15.9. The Kier molecular flexibility index (Phi) is 4.79. The molecule has 0 radical (unpaired) electrons. The number of anilines is 2. The SMILES string of the molecule is O=C(Nc1ccc(Cl)cc1)[C@@H]1c2cccc[n+]2CC(=O)N1c1ccc(F)cc1. The quantitative estimate of drug-likeness (QED) is 0.689. The van der Waals surface area contributed by atoms with Gasteiger partial charge in [-0.1, -0.05) is 17.7 Å². The number of carbonyl (C=O) groups excluding carboxylic acids is 2. The second-order valence-corrected chi connectivity index (χ2v) is 6.83. The molecule has 0 aliphatic carbocycles. The summed E-state index contributed by atoms with van der Waals surface area (Å²) in [5.74, 6) is -1.05. The van der Waals surface area contributed by atoms with Gasteiger partial charge in [0.05, 0.1) is 0 Å². The Balaban J connectivity index is 1.75. The molecule has 0 saturated heterocycles. The van der Waals surface area contributed by atoms with Crippen molar-refractivity contribution < 1.29 is 18.5 Å². The summed E-state index contributed by atoms with van der Waals surface area (Å²) in [4.78, 5) is 27.5.